The van der Waals surface area contributed by atoms with Crippen molar-refractivity contribution in [3.8, 4) is 0 Å². The van der Waals surface area contributed by atoms with Gasteiger partial charge in [-0.25, -0.2) is 0 Å². The van der Waals surface area contributed by atoms with Gasteiger partial charge >= 0.3 is 0 Å². The predicted octanol–water partition coefficient (Wildman–Crippen LogP) is 1.46. The van der Waals surface area contributed by atoms with Gasteiger partial charge < -0.3 is 9.84 Å². The summed E-state index contributed by atoms with van der Waals surface area (Å²) in [4.78, 5) is 0. The van der Waals surface area contributed by atoms with E-state index in [9.17, 15) is 5.11 Å². The molecule has 2 heterocycles. The van der Waals surface area contributed by atoms with Gasteiger partial charge in [-0.1, -0.05) is 11.6 Å². The molecule has 90 valence electrons. The fraction of sp³-hybridized carbons (Fsp3) is 0.727. The Bertz CT molecular complexity index is 372. The van der Waals surface area contributed by atoms with Gasteiger partial charge in [-0.05, 0) is 19.8 Å². The van der Waals surface area contributed by atoms with Crippen molar-refractivity contribution in [2.75, 3.05) is 6.61 Å². The third-order valence-corrected chi connectivity index (χ3v) is 3.55. The van der Waals surface area contributed by atoms with Gasteiger partial charge in [0.2, 0.25) is 0 Å². The van der Waals surface area contributed by atoms with Crippen LogP contribution in [-0.4, -0.2) is 33.7 Å². The zero-order chi connectivity index (χ0) is 11.7. The van der Waals surface area contributed by atoms with Crippen molar-refractivity contribution in [2.24, 2.45) is 7.05 Å². The Balaban J connectivity index is 2.07. The molecule has 0 bridgehead atoms. The number of aliphatic hydroxyl groups is 1. The molecular weight excluding hydrogens is 228 g/mol. The zero-order valence-electron chi connectivity index (χ0n) is 9.61. The van der Waals surface area contributed by atoms with Gasteiger partial charge in [0.05, 0.1) is 28.6 Å². The van der Waals surface area contributed by atoms with E-state index in [1.807, 2.05) is 14.0 Å². The van der Waals surface area contributed by atoms with E-state index in [-0.39, 0.29) is 6.10 Å². The molecule has 2 rings (SSSR count). The van der Waals surface area contributed by atoms with E-state index in [0.717, 1.165) is 30.8 Å². The minimum absolute atomic E-state index is 0.0497. The van der Waals surface area contributed by atoms with Crippen LogP contribution in [0.2, 0.25) is 5.02 Å². The second-order valence-electron chi connectivity index (χ2n) is 4.29. The highest BCUT2D eigenvalue weighted by Crippen LogP contribution is 2.24. The topological polar surface area (TPSA) is 47.3 Å². The number of nitrogens with zero attached hydrogens (tertiary/aromatic N) is 2. The maximum absolute atomic E-state index is 10.0. The van der Waals surface area contributed by atoms with Crippen LogP contribution < -0.4 is 0 Å². The summed E-state index contributed by atoms with van der Waals surface area (Å²) in [6.07, 6.45) is 1.91. The van der Waals surface area contributed by atoms with E-state index in [1.165, 1.54) is 0 Å². The second kappa shape index (κ2) is 4.73. The molecule has 2 unspecified atom stereocenters. The highest BCUT2D eigenvalue weighted by Gasteiger charge is 2.26. The number of hydrogen-bond acceptors (Lipinski definition) is 3. The van der Waals surface area contributed by atoms with Crippen LogP contribution in [-0.2, 0) is 18.2 Å². The Morgan fingerprint density at radius 1 is 1.69 bits per heavy atom. The quantitative estimate of drug-likeness (QED) is 0.876. The molecule has 1 aliphatic heterocycles. The zero-order valence-corrected chi connectivity index (χ0v) is 10.4. The molecule has 1 aromatic rings. The lowest BCUT2D eigenvalue weighted by Gasteiger charge is -2.17. The van der Waals surface area contributed by atoms with Gasteiger partial charge in [-0.15, -0.1) is 0 Å². The number of hydrogen-bond donors (Lipinski definition) is 1. The maximum Gasteiger partial charge on any atom is 0.0857 e. The van der Waals surface area contributed by atoms with E-state index in [1.54, 1.807) is 4.68 Å². The largest absolute Gasteiger partial charge is 0.390 e. The van der Waals surface area contributed by atoms with Gasteiger partial charge in [-0.2, -0.15) is 5.10 Å². The first kappa shape index (κ1) is 11.9. The van der Waals surface area contributed by atoms with Crippen LogP contribution in [0.4, 0.5) is 0 Å². The lowest BCUT2D eigenvalue weighted by molar-refractivity contribution is -0.00158. The molecule has 1 N–H and O–H groups in total. The monoisotopic (exact) mass is 244 g/mol. The van der Waals surface area contributed by atoms with Gasteiger partial charge in [0.15, 0.2) is 0 Å². The highest BCUT2D eigenvalue weighted by molar-refractivity contribution is 6.31. The molecule has 0 spiro atoms. The van der Waals surface area contributed by atoms with Crippen molar-refractivity contribution >= 4 is 11.6 Å². The third-order valence-electron chi connectivity index (χ3n) is 3.06. The van der Waals surface area contributed by atoms with Crippen molar-refractivity contribution in [3.05, 3.63) is 16.4 Å². The summed E-state index contributed by atoms with van der Waals surface area (Å²) < 4.78 is 7.18. The summed E-state index contributed by atoms with van der Waals surface area (Å²) >= 11 is 6.13. The normalized spacial score (nSPS) is 22.6. The van der Waals surface area contributed by atoms with E-state index in [2.05, 4.69) is 5.10 Å². The fourth-order valence-electron chi connectivity index (χ4n) is 2.14. The average Bonchev–Trinajstić information content (AvgIpc) is 2.83. The summed E-state index contributed by atoms with van der Waals surface area (Å²) in [5, 5.41) is 14.9. The molecule has 0 aliphatic carbocycles. The van der Waals surface area contributed by atoms with Crippen molar-refractivity contribution in [1.29, 1.82) is 0 Å². The van der Waals surface area contributed by atoms with Crippen LogP contribution in [0.5, 0.6) is 0 Å². The number of halogens is 1. The number of rotatable bonds is 3. The van der Waals surface area contributed by atoms with Crippen LogP contribution in [0.25, 0.3) is 0 Å². The Morgan fingerprint density at radius 2 is 2.44 bits per heavy atom. The van der Waals surface area contributed by atoms with Crippen LogP contribution >= 0.6 is 11.6 Å². The molecule has 4 nitrogen and oxygen atoms in total. The summed E-state index contributed by atoms with van der Waals surface area (Å²) in [5.74, 6) is 0. The van der Waals surface area contributed by atoms with Crippen LogP contribution in [0.15, 0.2) is 0 Å². The number of ether oxygens (including phenoxy) is 1. The number of aliphatic hydroxyl groups excluding tert-OH is 1. The molecule has 2 atom stereocenters. The summed E-state index contributed by atoms with van der Waals surface area (Å²) in [6, 6.07) is 0. The number of aromatic nitrogens is 2. The minimum Gasteiger partial charge on any atom is -0.390 e. The summed E-state index contributed by atoms with van der Waals surface area (Å²) in [6.45, 7) is 2.62. The van der Waals surface area contributed by atoms with Gasteiger partial charge in [0.25, 0.3) is 0 Å². The highest BCUT2D eigenvalue weighted by atomic mass is 35.5. The second-order valence-corrected chi connectivity index (χ2v) is 4.67. The van der Waals surface area contributed by atoms with Crippen LogP contribution in [0, 0.1) is 6.92 Å². The van der Waals surface area contributed by atoms with Crippen molar-refractivity contribution in [1.82, 2.24) is 9.78 Å². The number of aryl methyl sites for hydroxylation is 2. The molecular formula is C11H17ClN2O2. The van der Waals surface area contributed by atoms with Gasteiger partial charge in [0, 0.05) is 20.1 Å². The Labute approximate surface area is 100 Å². The lowest BCUT2D eigenvalue weighted by atomic mass is 10.1. The average molecular weight is 245 g/mol. The first-order valence-electron chi connectivity index (χ1n) is 5.57. The predicted molar refractivity (Wildman–Crippen MR) is 61.6 cm³/mol. The smallest absolute Gasteiger partial charge is 0.0857 e. The first-order valence-corrected chi connectivity index (χ1v) is 5.95. The molecule has 1 aromatic heterocycles. The van der Waals surface area contributed by atoms with Crippen molar-refractivity contribution in [2.45, 2.75) is 38.4 Å². The summed E-state index contributed by atoms with van der Waals surface area (Å²) in [5.41, 5.74) is 1.68. The van der Waals surface area contributed by atoms with Crippen molar-refractivity contribution < 1.29 is 9.84 Å². The molecule has 0 saturated carbocycles. The van der Waals surface area contributed by atoms with Crippen LogP contribution in [0.3, 0.4) is 0 Å². The molecule has 1 aliphatic rings. The molecule has 0 amide bonds. The molecule has 0 radical (unpaired) electrons. The molecule has 1 saturated heterocycles. The Hall–Kier alpha value is -0.580. The molecule has 16 heavy (non-hydrogen) atoms. The maximum atomic E-state index is 10.0. The van der Waals surface area contributed by atoms with E-state index in [0.29, 0.717) is 11.4 Å². The minimum atomic E-state index is -0.491. The standard InChI is InChI=1S/C11H17ClN2O2/c1-7-11(12)8(14(2)13-7)6-9(15)10-4-3-5-16-10/h9-10,15H,3-6H2,1-2H3. The van der Waals surface area contributed by atoms with E-state index >= 15 is 0 Å². The molecule has 1 fully saturated rings. The SMILES string of the molecule is Cc1nn(C)c(CC(O)C2CCCO2)c1Cl. The van der Waals surface area contributed by atoms with Crippen LogP contribution in [0.1, 0.15) is 24.2 Å². The van der Waals surface area contributed by atoms with Gasteiger partial charge in [0.1, 0.15) is 0 Å². The summed E-state index contributed by atoms with van der Waals surface area (Å²) in [7, 11) is 1.84. The van der Waals surface area contributed by atoms with Crippen molar-refractivity contribution in [3.63, 3.8) is 0 Å². The third kappa shape index (κ3) is 2.24. The molecule has 0 aromatic carbocycles. The van der Waals surface area contributed by atoms with E-state index in [4.69, 9.17) is 16.3 Å². The van der Waals surface area contributed by atoms with Gasteiger partial charge in [-0.3, -0.25) is 4.68 Å². The first-order chi connectivity index (χ1) is 7.59. The lowest BCUT2D eigenvalue weighted by Crippen LogP contribution is -2.28. The Morgan fingerprint density at radius 3 is 2.94 bits per heavy atom. The Kier molecular flexibility index (Phi) is 3.52. The fourth-order valence-corrected chi connectivity index (χ4v) is 2.37. The molecule has 5 heteroatoms. The van der Waals surface area contributed by atoms with E-state index < -0.39 is 6.10 Å².